The second-order valence-electron chi connectivity index (χ2n) is 6.01. The van der Waals surface area contributed by atoms with Gasteiger partial charge in [-0.05, 0) is 5.92 Å². The van der Waals surface area contributed by atoms with E-state index >= 15 is 0 Å². The molecule has 2 aliphatic heterocycles. The second-order valence-corrected chi connectivity index (χ2v) is 6.01. The Morgan fingerprint density at radius 1 is 1.32 bits per heavy atom. The number of amides is 1. The van der Waals surface area contributed by atoms with Crippen LogP contribution >= 0.6 is 0 Å². The summed E-state index contributed by atoms with van der Waals surface area (Å²) in [5.74, 6) is -2.29. The molecule has 2 rings (SSSR count). The number of rotatable bonds is 3. The van der Waals surface area contributed by atoms with Crippen molar-refractivity contribution >= 4 is 5.91 Å². The average Bonchev–Trinajstić information content (AvgIpc) is 2.69. The number of carbonyl (C=O) groups excluding carboxylic acids is 1. The minimum atomic E-state index is -2.74. The summed E-state index contributed by atoms with van der Waals surface area (Å²) < 4.78 is 26.2. The standard InChI is InChI=1S/C13H23F2N3O/c1-10(2)8-17-3-5-18(6-4-17)12(19)11-7-13(14,15)9-16-11/h10-11,16H,3-9H2,1-2H3. The van der Waals surface area contributed by atoms with Crippen molar-refractivity contribution in [3.05, 3.63) is 0 Å². The first-order chi connectivity index (χ1) is 8.87. The Morgan fingerprint density at radius 3 is 2.42 bits per heavy atom. The van der Waals surface area contributed by atoms with Crippen LogP contribution in [-0.2, 0) is 4.79 Å². The Kier molecular flexibility index (Phi) is 4.40. The van der Waals surface area contributed by atoms with E-state index in [9.17, 15) is 13.6 Å². The highest BCUT2D eigenvalue weighted by Gasteiger charge is 2.43. The van der Waals surface area contributed by atoms with Gasteiger partial charge in [-0.3, -0.25) is 15.0 Å². The molecular weight excluding hydrogens is 252 g/mol. The molecule has 0 saturated carbocycles. The van der Waals surface area contributed by atoms with Crippen LogP contribution in [0.5, 0.6) is 0 Å². The van der Waals surface area contributed by atoms with E-state index in [1.807, 2.05) is 0 Å². The van der Waals surface area contributed by atoms with Crippen molar-refractivity contribution in [1.82, 2.24) is 15.1 Å². The molecule has 1 N–H and O–H groups in total. The van der Waals surface area contributed by atoms with Crippen molar-refractivity contribution in [2.24, 2.45) is 5.92 Å². The zero-order chi connectivity index (χ0) is 14.0. The van der Waals surface area contributed by atoms with E-state index in [4.69, 9.17) is 0 Å². The lowest BCUT2D eigenvalue weighted by atomic mass is 10.1. The highest BCUT2D eigenvalue weighted by molar-refractivity contribution is 5.82. The van der Waals surface area contributed by atoms with Crippen molar-refractivity contribution in [3.63, 3.8) is 0 Å². The van der Waals surface area contributed by atoms with Gasteiger partial charge in [0.25, 0.3) is 5.92 Å². The van der Waals surface area contributed by atoms with Gasteiger partial charge in [-0.25, -0.2) is 8.78 Å². The third-order valence-corrected chi connectivity index (χ3v) is 3.72. The first-order valence-corrected chi connectivity index (χ1v) is 7.00. The minimum absolute atomic E-state index is 0.165. The largest absolute Gasteiger partial charge is 0.339 e. The van der Waals surface area contributed by atoms with Crippen LogP contribution in [0.2, 0.25) is 0 Å². The van der Waals surface area contributed by atoms with E-state index < -0.39 is 12.0 Å². The summed E-state index contributed by atoms with van der Waals surface area (Å²) >= 11 is 0. The van der Waals surface area contributed by atoms with Crippen LogP contribution in [0, 0.1) is 5.92 Å². The Balaban J connectivity index is 1.80. The topological polar surface area (TPSA) is 35.6 Å². The summed E-state index contributed by atoms with van der Waals surface area (Å²) in [6, 6.07) is -0.702. The lowest BCUT2D eigenvalue weighted by molar-refractivity contribution is -0.135. The maximum Gasteiger partial charge on any atom is 0.262 e. The van der Waals surface area contributed by atoms with Gasteiger partial charge in [0.1, 0.15) is 0 Å². The van der Waals surface area contributed by atoms with E-state index in [0.717, 1.165) is 19.6 Å². The van der Waals surface area contributed by atoms with Crippen LogP contribution in [0.25, 0.3) is 0 Å². The number of hydrogen-bond donors (Lipinski definition) is 1. The molecular formula is C13H23F2N3O. The maximum atomic E-state index is 13.1. The maximum absolute atomic E-state index is 13.1. The Labute approximate surface area is 113 Å². The van der Waals surface area contributed by atoms with Crippen molar-refractivity contribution in [2.45, 2.75) is 32.2 Å². The number of alkyl halides is 2. The molecule has 4 nitrogen and oxygen atoms in total. The molecule has 2 aliphatic rings. The molecule has 110 valence electrons. The number of halogens is 2. The van der Waals surface area contributed by atoms with Crippen molar-refractivity contribution in [1.29, 1.82) is 0 Å². The number of piperazine rings is 1. The van der Waals surface area contributed by atoms with Crippen molar-refractivity contribution in [3.8, 4) is 0 Å². The number of hydrogen-bond acceptors (Lipinski definition) is 3. The van der Waals surface area contributed by atoms with Gasteiger partial charge in [-0.15, -0.1) is 0 Å². The highest BCUT2D eigenvalue weighted by atomic mass is 19.3. The van der Waals surface area contributed by atoms with Crippen molar-refractivity contribution in [2.75, 3.05) is 39.3 Å². The van der Waals surface area contributed by atoms with E-state index in [2.05, 4.69) is 24.1 Å². The van der Waals surface area contributed by atoms with Gasteiger partial charge >= 0.3 is 0 Å². The molecule has 0 spiro atoms. The highest BCUT2D eigenvalue weighted by Crippen LogP contribution is 2.26. The Bertz CT molecular complexity index is 328. The van der Waals surface area contributed by atoms with E-state index in [0.29, 0.717) is 19.0 Å². The molecule has 0 aliphatic carbocycles. The van der Waals surface area contributed by atoms with E-state index in [1.54, 1.807) is 4.90 Å². The van der Waals surface area contributed by atoms with E-state index in [-0.39, 0.29) is 18.9 Å². The Hall–Kier alpha value is -0.750. The summed E-state index contributed by atoms with van der Waals surface area (Å²) in [6.07, 6.45) is -0.363. The van der Waals surface area contributed by atoms with Gasteiger partial charge in [0, 0.05) is 39.1 Å². The molecule has 19 heavy (non-hydrogen) atoms. The van der Waals surface area contributed by atoms with Gasteiger partial charge in [0.15, 0.2) is 0 Å². The molecule has 0 bridgehead atoms. The molecule has 0 radical (unpaired) electrons. The van der Waals surface area contributed by atoms with Crippen LogP contribution in [0.1, 0.15) is 20.3 Å². The fourth-order valence-corrected chi connectivity index (χ4v) is 2.78. The summed E-state index contributed by atoms with van der Waals surface area (Å²) in [4.78, 5) is 16.2. The average molecular weight is 275 g/mol. The lowest BCUT2D eigenvalue weighted by Crippen LogP contribution is -2.53. The second kappa shape index (κ2) is 5.71. The smallest absolute Gasteiger partial charge is 0.262 e. The zero-order valence-corrected chi connectivity index (χ0v) is 11.7. The van der Waals surface area contributed by atoms with Crippen molar-refractivity contribution < 1.29 is 13.6 Å². The number of nitrogens with one attached hydrogen (secondary N) is 1. The molecule has 0 aromatic carbocycles. The molecule has 0 aromatic heterocycles. The van der Waals surface area contributed by atoms with Gasteiger partial charge in [-0.2, -0.15) is 0 Å². The molecule has 1 unspecified atom stereocenters. The van der Waals surface area contributed by atoms with Crippen LogP contribution in [-0.4, -0.2) is 66.9 Å². The predicted octanol–water partition coefficient (Wildman–Crippen LogP) is 0.784. The third kappa shape index (κ3) is 3.86. The molecule has 1 atom stereocenters. The molecule has 2 saturated heterocycles. The van der Waals surface area contributed by atoms with Gasteiger partial charge < -0.3 is 4.90 Å². The molecule has 2 fully saturated rings. The third-order valence-electron chi connectivity index (χ3n) is 3.72. The van der Waals surface area contributed by atoms with Crippen LogP contribution in [0.3, 0.4) is 0 Å². The molecule has 0 aromatic rings. The quantitative estimate of drug-likeness (QED) is 0.827. The minimum Gasteiger partial charge on any atom is -0.339 e. The summed E-state index contributed by atoms with van der Waals surface area (Å²) in [7, 11) is 0. The summed E-state index contributed by atoms with van der Waals surface area (Å²) in [6.45, 7) is 7.97. The Morgan fingerprint density at radius 2 is 1.95 bits per heavy atom. The van der Waals surface area contributed by atoms with Crippen LogP contribution in [0.4, 0.5) is 8.78 Å². The predicted molar refractivity (Wildman–Crippen MR) is 69.2 cm³/mol. The van der Waals surface area contributed by atoms with Gasteiger partial charge in [0.2, 0.25) is 5.91 Å². The number of nitrogens with zero attached hydrogens (tertiary/aromatic N) is 2. The molecule has 6 heteroatoms. The summed E-state index contributed by atoms with van der Waals surface area (Å²) in [5, 5.41) is 2.63. The summed E-state index contributed by atoms with van der Waals surface area (Å²) in [5.41, 5.74) is 0. The fraction of sp³-hybridized carbons (Fsp3) is 0.923. The van der Waals surface area contributed by atoms with Gasteiger partial charge in [-0.1, -0.05) is 13.8 Å². The molecule has 1 amide bonds. The molecule has 2 heterocycles. The van der Waals surface area contributed by atoms with E-state index in [1.165, 1.54) is 0 Å². The fourth-order valence-electron chi connectivity index (χ4n) is 2.78. The van der Waals surface area contributed by atoms with Crippen LogP contribution < -0.4 is 5.32 Å². The lowest BCUT2D eigenvalue weighted by Gasteiger charge is -2.36. The normalized spacial score (nSPS) is 28.1. The number of carbonyl (C=O) groups is 1. The first kappa shape index (κ1) is 14.7. The zero-order valence-electron chi connectivity index (χ0n) is 11.7. The SMILES string of the molecule is CC(C)CN1CCN(C(=O)C2CC(F)(F)CN2)CC1. The first-order valence-electron chi connectivity index (χ1n) is 7.00. The van der Waals surface area contributed by atoms with Gasteiger partial charge in [0.05, 0.1) is 12.6 Å². The van der Waals surface area contributed by atoms with Crippen LogP contribution in [0.15, 0.2) is 0 Å². The monoisotopic (exact) mass is 275 g/mol.